The van der Waals surface area contributed by atoms with Crippen LogP contribution < -0.4 is 5.73 Å². The van der Waals surface area contributed by atoms with E-state index in [2.05, 4.69) is 22.5 Å². The van der Waals surface area contributed by atoms with Crippen molar-refractivity contribution in [3.63, 3.8) is 0 Å². The van der Waals surface area contributed by atoms with Crippen LogP contribution in [0.5, 0.6) is 0 Å². The molecule has 0 spiro atoms. The third-order valence-corrected chi connectivity index (χ3v) is 2.55. The highest BCUT2D eigenvalue weighted by Gasteiger charge is 2.31. The summed E-state index contributed by atoms with van der Waals surface area (Å²) in [6, 6.07) is 3.23. The lowest BCUT2D eigenvalue weighted by Gasteiger charge is -2.14. The summed E-state index contributed by atoms with van der Waals surface area (Å²) >= 11 is 3.04. The van der Waals surface area contributed by atoms with Crippen molar-refractivity contribution >= 4 is 15.9 Å². The predicted octanol–water partition coefficient (Wildman–Crippen LogP) is 4.04. The second kappa shape index (κ2) is 5.01. The first kappa shape index (κ1) is 13.3. The zero-order valence-corrected chi connectivity index (χ0v) is 9.98. The van der Waals surface area contributed by atoms with E-state index in [0.29, 0.717) is 16.5 Å². The van der Waals surface area contributed by atoms with E-state index in [9.17, 15) is 13.2 Å². The lowest BCUT2D eigenvalue weighted by Crippen LogP contribution is -2.12. The van der Waals surface area contributed by atoms with Crippen LogP contribution in [-0.4, -0.2) is 0 Å². The number of benzene rings is 1. The molecule has 1 aromatic carbocycles. The van der Waals surface area contributed by atoms with E-state index in [1.165, 1.54) is 0 Å². The van der Waals surface area contributed by atoms with E-state index >= 15 is 0 Å². The molecule has 16 heavy (non-hydrogen) atoms. The maximum Gasteiger partial charge on any atom is 0.416 e. The number of hydrogen-bond acceptors (Lipinski definition) is 1. The second-order valence-corrected chi connectivity index (χ2v) is 4.32. The van der Waals surface area contributed by atoms with Gasteiger partial charge in [0.2, 0.25) is 0 Å². The first-order valence-corrected chi connectivity index (χ1v) is 5.38. The molecule has 2 N–H and O–H groups in total. The van der Waals surface area contributed by atoms with Crippen LogP contribution in [-0.2, 0) is 6.18 Å². The summed E-state index contributed by atoms with van der Waals surface area (Å²) in [6.07, 6.45) is -2.33. The fourth-order valence-electron chi connectivity index (χ4n) is 1.31. The van der Waals surface area contributed by atoms with Gasteiger partial charge in [0, 0.05) is 10.5 Å². The summed E-state index contributed by atoms with van der Waals surface area (Å²) in [5, 5.41) is 0. The molecule has 88 valence electrons. The van der Waals surface area contributed by atoms with E-state index in [1.54, 1.807) is 12.1 Å². The molecular formula is C11H11BrF3N. The van der Waals surface area contributed by atoms with Crippen LogP contribution in [0.4, 0.5) is 13.2 Å². The van der Waals surface area contributed by atoms with E-state index in [4.69, 9.17) is 5.73 Å². The second-order valence-electron chi connectivity index (χ2n) is 3.40. The average molecular weight is 294 g/mol. The fourth-order valence-corrected chi connectivity index (χ4v) is 1.82. The van der Waals surface area contributed by atoms with Gasteiger partial charge in [0.25, 0.3) is 0 Å². The molecule has 1 atom stereocenters. The van der Waals surface area contributed by atoms with Gasteiger partial charge in [-0.25, -0.2) is 0 Å². The standard InChI is InChI=1S/C11H11BrF3N/c1-2-3-10(16)7-4-8(11(13,14)15)6-9(12)5-7/h2,4-6,10H,1,3,16H2/t10-/m1/s1. The number of hydrogen-bond donors (Lipinski definition) is 1. The minimum Gasteiger partial charge on any atom is -0.324 e. The Labute approximate surface area is 100 Å². The molecule has 0 unspecified atom stereocenters. The van der Waals surface area contributed by atoms with Gasteiger partial charge in [-0.05, 0) is 30.2 Å². The fraction of sp³-hybridized carbons (Fsp3) is 0.273. The number of halogens is 4. The van der Waals surface area contributed by atoms with Crippen molar-refractivity contribution in [3.05, 3.63) is 46.5 Å². The van der Waals surface area contributed by atoms with Gasteiger partial charge < -0.3 is 5.73 Å². The van der Waals surface area contributed by atoms with Crippen LogP contribution in [0.25, 0.3) is 0 Å². The lowest BCUT2D eigenvalue weighted by atomic mass is 10.0. The SMILES string of the molecule is C=CC[C@@H](N)c1cc(Br)cc(C(F)(F)F)c1. The summed E-state index contributed by atoms with van der Waals surface area (Å²) in [5.41, 5.74) is 5.48. The quantitative estimate of drug-likeness (QED) is 0.836. The van der Waals surface area contributed by atoms with Crippen LogP contribution in [0, 0.1) is 0 Å². The van der Waals surface area contributed by atoms with E-state index in [0.717, 1.165) is 12.1 Å². The molecule has 0 aliphatic carbocycles. The molecular weight excluding hydrogens is 283 g/mol. The largest absolute Gasteiger partial charge is 0.416 e. The molecule has 0 radical (unpaired) electrons. The Kier molecular flexibility index (Phi) is 4.15. The number of nitrogens with two attached hydrogens (primary N) is 1. The van der Waals surface area contributed by atoms with Gasteiger partial charge in [-0.2, -0.15) is 13.2 Å². The molecule has 0 saturated carbocycles. The number of alkyl halides is 3. The highest BCUT2D eigenvalue weighted by molar-refractivity contribution is 9.10. The molecule has 1 rings (SSSR count). The molecule has 1 nitrogen and oxygen atoms in total. The molecule has 0 aliphatic rings. The van der Waals surface area contributed by atoms with Crippen molar-refractivity contribution in [1.82, 2.24) is 0 Å². The molecule has 0 aromatic heterocycles. The van der Waals surface area contributed by atoms with Crippen LogP contribution in [0.3, 0.4) is 0 Å². The van der Waals surface area contributed by atoms with Gasteiger partial charge in [0.05, 0.1) is 5.56 Å². The Morgan fingerprint density at radius 2 is 2.00 bits per heavy atom. The Bertz CT molecular complexity index is 387. The molecule has 0 heterocycles. The zero-order chi connectivity index (χ0) is 12.3. The van der Waals surface area contributed by atoms with Crippen LogP contribution in [0.2, 0.25) is 0 Å². The van der Waals surface area contributed by atoms with E-state index in [-0.39, 0.29) is 0 Å². The molecule has 5 heteroatoms. The number of rotatable bonds is 3. The van der Waals surface area contributed by atoms with Gasteiger partial charge >= 0.3 is 6.18 Å². The molecule has 0 bridgehead atoms. The van der Waals surface area contributed by atoms with Gasteiger partial charge in [-0.15, -0.1) is 6.58 Å². The first-order chi connectivity index (χ1) is 7.34. The Hall–Kier alpha value is -0.810. The molecule has 0 fully saturated rings. The zero-order valence-electron chi connectivity index (χ0n) is 8.39. The monoisotopic (exact) mass is 293 g/mol. The normalized spacial score (nSPS) is 13.6. The van der Waals surface area contributed by atoms with Crippen molar-refractivity contribution in [2.45, 2.75) is 18.6 Å². The minimum absolute atomic E-state index is 0.372. The molecule has 0 amide bonds. The summed E-state index contributed by atoms with van der Waals surface area (Å²) in [4.78, 5) is 0. The van der Waals surface area contributed by atoms with Crippen LogP contribution in [0.15, 0.2) is 35.3 Å². The van der Waals surface area contributed by atoms with Gasteiger partial charge in [-0.1, -0.05) is 22.0 Å². The minimum atomic E-state index is -4.35. The third-order valence-electron chi connectivity index (χ3n) is 2.10. The van der Waals surface area contributed by atoms with Crippen molar-refractivity contribution in [2.75, 3.05) is 0 Å². The average Bonchev–Trinajstić information content (AvgIpc) is 2.16. The molecule has 0 saturated heterocycles. The third kappa shape index (κ3) is 3.35. The topological polar surface area (TPSA) is 26.0 Å². The van der Waals surface area contributed by atoms with E-state index in [1.807, 2.05) is 0 Å². The molecule has 1 aromatic rings. The smallest absolute Gasteiger partial charge is 0.324 e. The maximum absolute atomic E-state index is 12.5. The lowest BCUT2D eigenvalue weighted by molar-refractivity contribution is -0.137. The van der Waals surface area contributed by atoms with Crippen molar-refractivity contribution in [3.8, 4) is 0 Å². The van der Waals surface area contributed by atoms with Crippen molar-refractivity contribution in [1.29, 1.82) is 0 Å². The highest BCUT2D eigenvalue weighted by Crippen LogP contribution is 2.33. The summed E-state index contributed by atoms with van der Waals surface area (Å²) in [5.74, 6) is 0. The van der Waals surface area contributed by atoms with E-state index < -0.39 is 17.8 Å². The van der Waals surface area contributed by atoms with Crippen molar-refractivity contribution < 1.29 is 13.2 Å². The summed E-state index contributed by atoms with van der Waals surface area (Å²) in [6.45, 7) is 3.51. The summed E-state index contributed by atoms with van der Waals surface area (Å²) < 4.78 is 37.9. The van der Waals surface area contributed by atoms with Gasteiger partial charge in [0.15, 0.2) is 0 Å². The Balaban J connectivity index is 3.12. The van der Waals surface area contributed by atoms with Crippen molar-refractivity contribution in [2.24, 2.45) is 5.73 Å². The van der Waals surface area contributed by atoms with Crippen LogP contribution in [0.1, 0.15) is 23.6 Å². The van der Waals surface area contributed by atoms with Gasteiger partial charge in [-0.3, -0.25) is 0 Å². The Morgan fingerprint density at radius 3 is 2.50 bits per heavy atom. The van der Waals surface area contributed by atoms with Gasteiger partial charge in [0.1, 0.15) is 0 Å². The predicted molar refractivity (Wildman–Crippen MR) is 60.9 cm³/mol. The summed E-state index contributed by atoms with van der Waals surface area (Å²) in [7, 11) is 0. The van der Waals surface area contributed by atoms with Crippen LogP contribution >= 0.6 is 15.9 Å². The maximum atomic E-state index is 12.5. The first-order valence-electron chi connectivity index (χ1n) is 4.58. The highest BCUT2D eigenvalue weighted by atomic mass is 79.9. The Morgan fingerprint density at radius 1 is 1.38 bits per heavy atom. The molecule has 0 aliphatic heterocycles.